The maximum absolute atomic E-state index is 13.2. The molecule has 48 heavy (non-hydrogen) atoms. The number of rotatable bonds is 12. The third kappa shape index (κ3) is 9.11. The van der Waals surface area contributed by atoms with Crippen molar-refractivity contribution >= 4 is 58.6 Å². The minimum absolute atomic E-state index is 0. The summed E-state index contributed by atoms with van der Waals surface area (Å²) in [4.78, 5) is 31.9. The van der Waals surface area contributed by atoms with Crippen molar-refractivity contribution in [3.63, 3.8) is 0 Å². The molecule has 12 heteroatoms. The molecule has 252 valence electrons. The number of carbonyl (C=O) groups excluding carboxylic acids is 2. The number of thiophene rings is 1. The van der Waals surface area contributed by atoms with Gasteiger partial charge in [-0.1, -0.05) is 60.9 Å². The number of amides is 2. The lowest BCUT2D eigenvalue weighted by molar-refractivity contribution is -0.121. The van der Waals surface area contributed by atoms with E-state index in [1.165, 1.54) is 4.88 Å². The van der Waals surface area contributed by atoms with Gasteiger partial charge in [-0.2, -0.15) is 0 Å². The number of aliphatic imine (C=N–C) groups is 1. The van der Waals surface area contributed by atoms with Crippen molar-refractivity contribution in [2.45, 2.75) is 71.8 Å². The highest BCUT2D eigenvalue weighted by atomic mass is 35.5. The molecule has 5 rings (SSSR count). The molecule has 0 spiro atoms. The average molecular weight is 707 g/mol. The molecule has 0 aliphatic carbocycles. The van der Waals surface area contributed by atoms with Crippen molar-refractivity contribution in [2.75, 3.05) is 18.4 Å². The predicted octanol–water partition coefficient (Wildman–Crippen LogP) is 7.02. The van der Waals surface area contributed by atoms with Crippen LogP contribution in [0.1, 0.15) is 89.8 Å². The number of aromatic nitrogens is 3. The van der Waals surface area contributed by atoms with Gasteiger partial charge in [0.05, 0.1) is 18.7 Å². The number of nitrogens with zero attached hydrogens (tertiary/aromatic N) is 4. The number of carbonyl (C=O) groups is 2. The average Bonchev–Trinajstić information content (AvgIpc) is 3.53. The minimum Gasteiger partial charge on any atom is -0.356 e. The topological polar surface area (TPSA) is 127 Å². The Balaban J connectivity index is 0.00000520. The van der Waals surface area contributed by atoms with Gasteiger partial charge < -0.3 is 16.4 Å². The first-order valence-corrected chi connectivity index (χ1v) is 17.2. The Morgan fingerprint density at radius 2 is 1.75 bits per heavy atom. The molecule has 0 fully saturated rings. The molecule has 1 aliphatic rings. The van der Waals surface area contributed by atoms with Crippen molar-refractivity contribution in [1.82, 2.24) is 20.1 Å². The van der Waals surface area contributed by atoms with Crippen LogP contribution in [0.2, 0.25) is 5.02 Å². The Morgan fingerprint density at radius 3 is 2.52 bits per heavy atom. The maximum atomic E-state index is 13.2. The van der Waals surface area contributed by atoms with E-state index in [0.717, 1.165) is 76.6 Å². The SMILES string of the molecule is Cc1sc2c(c1C)C(c1ccc(Cl)cc1)=NC(CC(=O)NCCCCCCCC(=O)Nc1cccc(C#CCN)c1)c1nnc(C)n1-2.Cl. The summed E-state index contributed by atoms with van der Waals surface area (Å²) < 4.78 is 2.06. The van der Waals surface area contributed by atoms with Gasteiger partial charge in [-0.05, 0) is 69.5 Å². The number of anilines is 1. The zero-order chi connectivity index (χ0) is 33.3. The van der Waals surface area contributed by atoms with Gasteiger partial charge in [-0.25, -0.2) is 0 Å². The molecule has 9 nitrogen and oxygen atoms in total. The Morgan fingerprint density at radius 1 is 1.00 bits per heavy atom. The largest absolute Gasteiger partial charge is 0.356 e. The summed E-state index contributed by atoms with van der Waals surface area (Å²) in [5, 5.41) is 16.6. The van der Waals surface area contributed by atoms with E-state index in [0.29, 0.717) is 30.4 Å². The van der Waals surface area contributed by atoms with E-state index < -0.39 is 6.04 Å². The molecule has 2 amide bonds. The van der Waals surface area contributed by atoms with Gasteiger partial charge in [-0.3, -0.25) is 19.1 Å². The first-order valence-electron chi connectivity index (χ1n) is 16.0. The van der Waals surface area contributed by atoms with Crippen molar-refractivity contribution < 1.29 is 9.59 Å². The number of nitrogens with one attached hydrogen (secondary N) is 2. The second-order valence-electron chi connectivity index (χ2n) is 11.6. The molecular weight excluding hydrogens is 665 g/mol. The van der Waals surface area contributed by atoms with E-state index in [4.69, 9.17) is 22.3 Å². The van der Waals surface area contributed by atoms with Crippen LogP contribution >= 0.6 is 35.3 Å². The number of benzene rings is 2. The highest BCUT2D eigenvalue weighted by Crippen LogP contribution is 2.39. The molecule has 2 aromatic carbocycles. The molecule has 4 N–H and O–H groups in total. The normalized spacial score (nSPS) is 13.2. The summed E-state index contributed by atoms with van der Waals surface area (Å²) in [6, 6.07) is 14.6. The lowest BCUT2D eigenvalue weighted by atomic mass is 9.99. The van der Waals surface area contributed by atoms with Crippen LogP contribution in [-0.2, 0) is 9.59 Å². The van der Waals surface area contributed by atoms with Crippen molar-refractivity contribution in [3.8, 4) is 16.8 Å². The van der Waals surface area contributed by atoms with Crippen LogP contribution in [0.25, 0.3) is 5.00 Å². The van der Waals surface area contributed by atoms with Gasteiger partial charge in [0.15, 0.2) is 5.82 Å². The van der Waals surface area contributed by atoms with E-state index in [9.17, 15) is 9.59 Å². The Hall–Kier alpha value is -4.01. The number of unbranched alkanes of at least 4 members (excludes halogenated alkanes) is 4. The lowest BCUT2D eigenvalue weighted by Gasteiger charge is -2.13. The number of fused-ring (bicyclic) bond motifs is 3. The monoisotopic (exact) mass is 705 g/mol. The molecule has 0 radical (unpaired) electrons. The van der Waals surface area contributed by atoms with Gasteiger partial charge in [0.1, 0.15) is 16.9 Å². The lowest BCUT2D eigenvalue weighted by Crippen LogP contribution is -2.26. The second kappa shape index (κ2) is 17.4. The van der Waals surface area contributed by atoms with Gasteiger partial charge in [0.25, 0.3) is 0 Å². The number of nitrogens with two attached hydrogens (primary N) is 1. The zero-order valence-electron chi connectivity index (χ0n) is 27.4. The van der Waals surface area contributed by atoms with Gasteiger partial charge in [0, 0.05) is 45.2 Å². The number of hydrogen-bond donors (Lipinski definition) is 3. The summed E-state index contributed by atoms with van der Waals surface area (Å²) in [6.45, 7) is 7.03. The molecule has 2 aromatic heterocycles. The number of halogens is 2. The molecular formula is C36H41Cl2N7O2S. The highest BCUT2D eigenvalue weighted by molar-refractivity contribution is 7.15. The van der Waals surface area contributed by atoms with E-state index in [1.807, 2.05) is 55.5 Å². The van der Waals surface area contributed by atoms with E-state index in [2.05, 4.69) is 51.1 Å². The summed E-state index contributed by atoms with van der Waals surface area (Å²) >= 11 is 7.90. The molecule has 0 saturated carbocycles. The minimum atomic E-state index is -0.492. The third-order valence-electron chi connectivity index (χ3n) is 8.12. The fraction of sp³-hybridized carbons (Fsp3) is 0.361. The van der Waals surface area contributed by atoms with E-state index in [-0.39, 0.29) is 30.6 Å². The fourth-order valence-electron chi connectivity index (χ4n) is 5.60. The van der Waals surface area contributed by atoms with Gasteiger partial charge in [-0.15, -0.1) is 33.9 Å². The molecule has 1 unspecified atom stereocenters. The number of aryl methyl sites for hydroxylation is 2. The van der Waals surface area contributed by atoms with E-state index in [1.54, 1.807) is 11.3 Å². The standard InChI is InChI=1S/C36H40ClN7O2S.ClH/c1-23-24(2)47-36-33(23)34(27-15-17-28(37)18-16-27)41-30(35-43-42-25(3)44(35)36)22-32(46)39-20-8-6-4-5-7-14-31(45)40-29-13-9-11-26(21-29)12-10-19-38;/h9,11,13,15-18,21,30H,4-8,14,19-20,22,38H2,1-3H3,(H,39,46)(H,40,45);1H. The summed E-state index contributed by atoms with van der Waals surface area (Å²) in [5.74, 6) is 7.15. The smallest absolute Gasteiger partial charge is 0.224 e. The van der Waals surface area contributed by atoms with Crippen LogP contribution in [0.4, 0.5) is 5.69 Å². The predicted molar refractivity (Wildman–Crippen MR) is 197 cm³/mol. The third-order valence-corrected chi connectivity index (χ3v) is 9.56. The molecule has 1 aliphatic heterocycles. The Bertz CT molecular complexity index is 1840. The van der Waals surface area contributed by atoms with Gasteiger partial charge >= 0.3 is 0 Å². The van der Waals surface area contributed by atoms with E-state index >= 15 is 0 Å². The van der Waals surface area contributed by atoms with Crippen LogP contribution < -0.4 is 16.4 Å². The van der Waals surface area contributed by atoms with Crippen LogP contribution in [-0.4, -0.2) is 45.4 Å². The summed E-state index contributed by atoms with van der Waals surface area (Å²) in [5.41, 5.74) is 11.0. The summed E-state index contributed by atoms with van der Waals surface area (Å²) in [6.07, 6.45) is 5.22. The first kappa shape index (κ1) is 36.8. The fourth-order valence-corrected chi connectivity index (χ4v) is 6.94. The van der Waals surface area contributed by atoms with Crippen molar-refractivity contribution in [2.24, 2.45) is 10.7 Å². The maximum Gasteiger partial charge on any atom is 0.224 e. The molecule has 0 saturated heterocycles. The quantitative estimate of drug-likeness (QED) is 0.108. The van der Waals surface area contributed by atoms with Gasteiger partial charge in [0.2, 0.25) is 11.8 Å². The van der Waals surface area contributed by atoms with Crippen LogP contribution in [0, 0.1) is 32.6 Å². The number of hydrogen-bond acceptors (Lipinski definition) is 7. The molecule has 0 bridgehead atoms. The van der Waals surface area contributed by atoms with Crippen LogP contribution in [0.15, 0.2) is 53.5 Å². The Labute approximate surface area is 297 Å². The molecule has 1 atom stereocenters. The van der Waals surface area contributed by atoms with Crippen LogP contribution in [0.5, 0.6) is 0 Å². The first-order chi connectivity index (χ1) is 22.7. The molecule has 3 heterocycles. The second-order valence-corrected chi connectivity index (χ2v) is 13.3. The summed E-state index contributed by atoms with van der Waals surface area (Å²) in [7, 11) is 0. The molecule has 4 aromatic rings. The van der Waals surface area contributed by atoms with Crippen molar-refractivity contribution in [3.05, 3.63) is 92.3 Å². The Kier molecular flexibility index (Phi) is 13.4. The zero-order valence-corrected chi connectivity index (χ0v) is 29.8. The van der Waals surface area contributed by atoms with Crippen molar-refractivity contribution in [1.29, 1.82) is 0 Å². The highest BCUT2D eigenvalue weighted by Gasteiger charge is 2.32. The van der Waals surface area contributed by atoms with Crippen LogP contribution in [0.3, 0.4) is 0 Å².